The molecule has 16 nitrogen and oxygen atoms in total. The van der Waals surface area contributed by atoms with E-state index in [-0.39, 0.29) is 38.2 Å². The molecule has 0 saturated carbocycles. The van der Waals surface area contributed by atoms with Crippen LogP contribution >= 0.6 is 0 Å². The SMILES string of the molecule is NCCCCC(NC(=O)C(N)CC(=O)O)C(=O)NC(CCCCN)C(=O)NC(CCCN=C(N)N)C(=O)O. The summed E-state index contributed by atoms with van der Waals surface area (Å²) >= 11 is 0. The average Bonchev–Trinajstić information content (AvgIpc) is 2.83. The number of aliphatic carboxylic acids is 2. The Morgan fingerprint density at radius 1 is 0.684 bits per heavy atom. The van der Waals surface area contributed by atoms with Crippen LogP contribution in [0.5, 0.6) is 0 Å². The van der Waals surface area contributed by atoms with E-state index in [1.165, 1.54) is 0 Å². The average molecular weight is 546 g/mol. The van der Waals surface area contributed by atoms with Gasteiger partial charge in [0.05, 0.1) is 12.5 Å². The molecule has 0 aliphatic carbocycles. The Balaban J connectivity index is 5.53. The van der Waals surface area contributed by atoms with Crippen molar-refractivity contribution in [2.24, 2.45) is 33.7 Å². The number of nitrogens with one attached hydrogen (secondary N) is 3. The van der Waals surface area contributed by atoms with Crippen molar-refractivity contribution >= 4 is 35.6 Å². The van der Waals surface area contributed by atoms with E-state index >= 15 is 0 Å². The normalized spacial score (nSPS) is 13.9. The number of nitrogens with zero attached hydrogens (tertiary/aromatic N) is 1. The van der Waals surface area contributed by atoms with E-state index in [0.29, 0.717) is 38.8 Å². The summed E-state index contributed by atoms with van der Waals surface area (Å²) in [4.78, 5) is 64.7. The fraction of sp³-hybridized carbons (Fsp3) is 0.727. The summed E-state index contributed by atoms with van der Waals surface area (Å²) in [7, 11) is 0. The van der Waals surface area contributed by atoms with Gasteiger partial charge in [0.1, 0.15) is 18.1 Å². The van der Waals surface area contributed by atoms with Gasteiger partial charge < -0.3 is 54.8 Å². The molecule has 3 amide bonds. The molecule has 0 radical (unpaired) electrons. The largest absolute Gasteiger partial charge is 0.481 e. The summed E-state index contributed by atoms with van der Waals surface area (Å²) < 4.78 is 0. The van der Waals surface area contributed by atoms with Gasteiger partial charge in [-0.2, -0.15) is 0 Å². The molecule has 0 bridgehead atoms. The second-order valence-electron chi connectivity index (χ2n) is 8.74. The lowest BCUT2D eigenvalue weighted by atomic mass is 10.0. The maximum atomic E-state index is 13.1. The molecule has 0 aromatic rings. The number of carbonyl (C=O) groups is 5. The van der Waals surface area contributed by atoms with E-state index in [2.05, 4.69) is 20.9 Å². The summed E-state index contributed by atoms with van der Waals surface area (Å²) in [6.07, 6.45) is 2.06. The van der Waals surface area contributed by atoms with Crippen molar-refractivity contribution in [3.05, 3.63) is 0 Å². The molecule has 0 heterocycles. The maximum Gasteiger partial charge on any atom is 0.326 e. The molecule has 0 spiro atoms. The van der Waals surface area contributed by atoms with Gasteiger partial charge in [0.25, 0.3) is 0 Å². The van der Waals surface area contributed by atoms with Crippen molar-refractivity contribution in [2.75, 3.05) is 19.6 Å². The minimum Gasteiger partial charge on any atom is -0.481 e. The smallest absolute Gasteiger partial charge is 0.326 e. The first-order valence-electron chi connectivity index (χ1n) is 12.5. The highest BCUT2D eigenvalue weighted by atomic mass is 16.4. The standard InChI is InChI=1S/C22H43N9O7/c23-9-3-1-6-14(29-18(34)13(25)12-17(32)33)19(35)30-15(7-2-4-10-24)20(36)31-16(21(37)38)8-5-11-28-22(26)27/h13-16H,1-12,23-25H2,(H,29,34)(H,30,35)(H,31,36)(H,32,33)(H,37,38)(H4,26,27,28). The fourth-order valence-electron chi connectivity index (χ4n) is 3.39. The van der Waals surface area contributed by atoms with Gasteiger partial charge >= 0.3 is 11.9 Å². The van der Waals surface area contributed by atoms with Crippen molar-refractivity contribution in [2.45, 2.75) is 82.0 Å². The van der Waals surface area contributed by atoms with Gasteiger partial charge in [-0.3, -0.25) is 24.2 Å². The third kappa shape index (κ3) is 15.6. The molecule has 0 fully saturated rings. The zero-order chi connectivity index (χ0) is 29.1. The van der Waals surface area contributed by atoms with Gasteiger partial charge in [-0.05, 0) is 64.5 Å². The zero-order valence-corrected chi connectivity index (χ0v) is 21.6. The Kier molecular flexibility index (Phi) is 17.8. The van der Waals surface area contributed by atoms with E-state index in [9.17, 15) is 29.1 Å². The number of nitrogens with two attached hydrogens (primary N) is 5. The molecule has 15 N–H and O–H groups in total. The molecular weight excluding hydrogens is 502 g/mol. The van der Waals surface area contributed by atoms with Crippen LogP contribution in [-0.2, 0) is 24.0 Å². The number of unbranched alkanes of at least 4 members (excludes halogenated alkanes) is 2. The van der Waals surface area contributed by atoms with Gasteiger partial charge in [-0.25, -0.2) is 4.79 Å². The minimum absolute atomic E-state index is 0.0422. The van der Waals surface area contributed by atoms with E-state index in [0.717, 1.165) is 0 Å². The molecular formula is C22H43N9O7. The van der Waals surface area contributed by atoms with Gasteiger partial charge in [-0.15, -0.1) is 0 Å². The fourth-order valence-corrected chi connectivity index (χ4v) is 3.39. The molecule has 0 rings (SSSR count). The van der Waals surface area contributed by atoms with Crippen molar-refractivity contribution in [1.82, 2.24) is 16.0 Å². The monoisotopic (exact) mass is 545 g/mol. The number of guanidine groups is 1. The molecule has 0 aromatic carbocycles. The highest BCUT2D eigenvalue weighted by Gasteiger charge is 2.30. The Morgan fingerprint density at radius 2 is 1.13 bits per heavy atom. The number of hydrogen-bond acceptors (Lipinski definition) is 9. The highest BCUT2D eigenvalue weighted by Crippen LogP contribution is 2.07. The van der Waals surface area contributed by atoms with Crippen LogP contribution in [0.15, 0.2) is 4.99 Å². The second kappa shape index (κ2) is 19.6. The number of carbonyl (C=O) groups excluding carboxylic acids is 3. The van der Waals surface area contributed by atoms with Crippen molar-refractivity contribution in [3.63, 3.8) is 0 Å². The lowest BCUT2D eigenvalue weighted by Crippen LogP contribution is -2.57. The van der Waals surface area contributed by atoms with E-state index < -0.39 is 60.2 Å². The van der Waals surface area contributed by atoms with Crippen LogP contribution in [0.3, 0.4) is 0 Å². The first-order valence-corrected chi connectivity index (χ1v) is 12.5. The lowest BCUT2D eigenvalue weighted by molar-refractivity contribution is -0.142. The van der Waals surface area contributed by atoms with Crippen LogP contribution in [-0.4, -0.2) is 89.6 Å². The predicted molar refractivity (Wildman–Crippen MR) is 139 cm³/mol. The second-order valence-corrected chi connectivity index (χ2v) is 8.74. The Labute approximate surface area is 221 Å². The number of aliphatic imine (C=N–C) groups is 1. The highest BCUT2D eigenvalue weighted by molar-refractivity contribution is 5.94. The molecule has 0 aliphatic rings. The summed E-state index contributed by atoms with van der Waals surface area (Å²) in [5.41, 5.74) is 27.1. The number of hydrogen-bond donors (Lipinski definition) is 10. The van der Waals surface area contributed by atoms with Crippen molar-refractivity contribution < 1.29 is 34.2 Å². The Bertz CT molecular complexity index is 806. The molecule has 218 valence electrons. The number of rotatable bonds is 21. The van der Waals surface area contributed by atoms with Gasteiger partial charge in [-0.1, -0.05) is 0 Å². The first-order chi connectivity index (χ1) is 17.9. The third-order valence-electron chi connectivity index (χ3n) is 5.45. The summed E-state index contributed by atoms with van der Waals surface area (Å²) in [6, 6.07) is -4.86. The Hall–Kier alpha value is -3.50. The summed E-state index contributed by atoms with van der Waals surface area (Å²) in [5.74, 6) is -4.95. The Morgan fingerprint density at radius 3 is 1.55 bits per heavy atom. The van der Waals surface area contributed by atoms with Crippen LogP contribution in [0.1, 0.15) is 57.8 Å². The molecule has 38 heavy (non-hydrogen) atoms. The van der Waals surface area contributed by atoms with Crippen molar-refractivity contribution in [1.29, 1.82) is 0 Å². The van der Waals surface area contributed by atoms with Gasteiger partial charge in [0.15, 0.2) is 5.96 Å². The predicted octanol–water partition coefficient (Wildman–Crippen LogP) is -3.36. The summed E-state index contributed by atoms with van der Waals surface area (Å²) in [6.45, 7) is 0.877. The molecule has 4 atom stereocenters. The van der Waals surface area contributed by atoms with Crippen molar-refractivity contribution in [3.8, 4) is 0 Å². The maximum absolute atomic E-state index is 13.1. The molecule has 0 aromatic heterocycles. The van der Waals surface area contributed by atoms with Gasteiger partial charge in [0, 0.05) is 6.54 Å². The van der Waals surface area contributed by atoms with E-state index in [1.54, 1.807) is 0 Å². The minimum atomic E-state index is -1.38. The summed E-state index contributed by atoms with van der Waals surface area (Å²) in [5, 5.41) is 25.8. The van der Waals surface area contributed by atoms with Crippen LogP contribution < -0.4 is 44.6 Å². The molecule has 0 saturated heterocycles. The number of carboxylic acids is 2. The topological polar surface area (TPSA) is 304 Å². The van der Waals surface area contributed by atoms with Crippen LogP contribution in [0.25, 0.3) is 0 Å². The quantitative estimate of drug-likeness (QED) is 0.0384. The van der Waals surface area contributed by atoms with Gasteiger partial charge in [0.2, 0.25) is 17.7 Å². The molecule has 4 unspecified atom stereocenters. The third-order valence-corrected chi connectivity index (χ3v) is 5.45. The van der Waals surface area contributed by atoms with Crippen LogP contribution in [0, 0.1) is 0 Å². The number of carboxylic acid groups (broad SMARTS) is 2. The van der Waals surface area contributed by atoms with E-state index in [4.69, 9.17) is 33.8 Å². The van der Waals surface area contributed by atoms with Crippen LogP contribution in [0.4, 0.5) is 0 Å². The zero-order valence-electron chi connectivity index (χ0n) is 21.6. The lowest BCUT2D eigenvalue weighted by Gasteiger charge is -2.25. The first kappa shape index (κ1) is 34.5. The molecule has 16 heteroatoms. The number of amides is 3. The van der Waals surface area contributed by atoms with Crippen LogP contribution in [0.2, 0.25) is 0 Å². The molecule has 0 aliphatic heterocycles. The van der Waals surface area contributed by atoms with E-state index in [1.807, 2.05) is 0 Å².